The van der Waals surface area contributed by atoms with Gasteiger partial charge in [0.05, 0.1) is 4.83 Å². The van der Waals surface area contributed by atoms with Crippen molar-refractivity contribution in [1.29, 1.82) is 0 Å². The van der Waals surface area contributed by atoms with E-state index < -0.39 is 4.51 Å². The van der Waals surface area contributed by atoms with Crippen LogP contribution in [0.25, 0.3) is 0 Å². The molecule has 1 aliphatic carbocycles. The summed E-state index contributed by atoms with van der Waals surface area (Å²) in [4.78, 5) is -0.104. The molecule has 1 nitrogen and oxygen atoms in total. The van der Waals surface area contributed by atoms with Crippen molar-refractivity contribution in [3.8, 4) is 0 Å². The van der Waals surface area contributed by atoms with Crippen molar-refractivity contribution in [3.05, 3.63) is 36.5 Å². The first-order valence-corrected chi connectivity index (χ1v) is 4.86. The molecule has 0 bridgehead atoms. The summed E-state index contributed by atoms with van der Waals surface area (Å²) < 4.78 is -0.959. The van der Waals surface area contributed by atoms with Crippen molar-refractivity contribution < 1.29 is 5.11 Å². The van der Waals surface area contributed by atoms with E-state index in [-0.39, 0.29) is 4.83 Å². The van der Waals surface area contributed by atoms with Crippen molar-refractivity contribution in [1.82, 2.24) is 0 Å². The smallest absolute Gasteiger partial charge is 0.154 e. The second-order valence-electron chi connectivity index (χ2n) is 2.33. The molecule has 0 saturated heterocycles. The van der Waals surface area contributed by atoms with Crippen LogP contribution < -0.4 is 0 Å². The molecule has 1 N–H and O–H groups in total. The average Bonchev–Trinajstić information content (AvgIpc) is 1.95. The summed E-state index contributed by atoms with van der Waals surface area (Å²) >= 11 is 6.48. The van der Waals surface area contributed by atoms with E-state index in [0.29, 0.717) is 0 Å². The van der Waals surface area contributed by atoms with E-state index in [9.17, 15) is 5.11 Å². The van der Waals surface area contributed by atoms with Crippen LogP contribution in [0.2, 0.25) is 0 Å². The lowest BCUT2D eigenvalue weighted by Gasteiger charge is -2.24. The Balaban J connectivity index is 2.88. The van der Waals surface area contributed by atoms with E-state index in [1.54, 1.807) is 12.2 Å². The maximum absolute atomic E-state index is 9.56. The van der Waals surface area contributed by atoms with Crippen LogP contribution in [0.5, 0.6) is 0 Å². The summed E-state index contributed by atoms with van der Waals surface area (Å²) in [6.07, 6.45) is 7.14. The summed E-state index contributed by atoms with van der Waals surface area (Å²) in [5.74, 6) is 0. The third-order valence-electron chi connectivity index (χ3n) is 1.47. The minimum Gasteiger partial charge on any atom is -0.374 e. The highest BCUT2D eigenvalue weighted by molar-refractivity contribution is 9.12. The normalized spacial score (nSPS) is 36.6. The van der Waals surface area contributed by atoms with Gasteiger partial charge in [-0.1, -0.05) is 40.7 Å². The Hall–Kier alpha value is 0.140. The monoisotopic (exact) mass is 278 g/mol. The van der Waals surface area contributed by atoms with Crippen LogP contribution >= 0.6 is 31.9 Å². The molecule has 0 aromatic heterocycles. The number of rotatable bonds is 1. The van der Waals surface area contributed by atoms with Gasteiger partial charge in [0.2, 0.25) is 0 Å². The lowest BCUT2D eigenvalue weighted by atomic mass is 10.1. The van der Waals surface area contributed by atoms with Gasteiger partial charge in [-0.25, -0.2) is 0 Å². The largest absolute Gasteiger partial charge is 0.374 e. The fourth-order valence-corrected chi connectivity index (χ4v) is 1.50. The molecule has 2 atom stereocenters. The zero-order valence-corrected chi connectivity index (χ0v) is 8.97. The van der Waals surface area contributed by atoms with Crippen LogP contribution in [0.1, 0.15) is 0 Å². The standard InChI is InChI=1S/C8H8Br2O/c1-2-6-3-4-8(10,11)7(9)5-6/h2-5,7,11H,1H2. The lowest BCUT2D eigenvalue weighted by molar-refractivity contribution is 0.204. The number of hydrogen-bond donors (Lipinski definition) is 1. The van der Waals surface area contributed by atoms with Crippen LogP contribution in [0.4, 0.5) is 0 Å². The quantitative estimate of drug-likeness (QED) is 0.732. The number of allylic oxidation sites excluding steroid dienone is 3. The highest BCUT2D eigenvalue weighted by Crippen LogP contribution is 2.32. The Labute approximate surface area is 82.7 Å². The molecule has 0 fully saturated rings. The lowest BCUT2D eigenvalue weighted by Crippen LogP contribution is -2.29. The topological polar surface area (TPSA) is 20.2 Å². The van der Waals surface area contributed by atoms with Crippen molar-refractivity contribution in [2.75, 3.05) is 0 Å². The van der Waals surface area contributed by atoms with Crippen molar-refractivity contribution in [3.63, 3.8) is 0 Å². The van der Waals surface area contributed by atoms with E-state index >= 15 is 0 Å². The van der Waals surface area contributed by atoms with Crippen LogP contribution in [0, 0.1) is 0 Å². The van der Waals surface area contributed by atoms with Crippen LogP contribution in [-0.2, 0) is 0 Å². The highest BCUT2D eigenvalue weighted by Gasteiger charge is 2.29. The van der Waals surface area contributed by atoms with Gasteiger partial charge < -0.3 is 5.11 Å². The van der Waals surface area contributed by atoms with E-state index in [4.69, 9.17) is 0 Å². The first-order valence-electron chi connectivity index (χ1n) is 3.15. The van der Waals surface area contributed by atoms with Gasteiger partial charge in [-0.2, -0.15) is 0 Å². The SMILES string of the molecule is C=CC1=CC(Br)C(O)(Br)C=C1. The molecular formula is C8H8Br2O. The summed E-state index contributed by atoms with van der Waals surface area (Å²) in [7, 11) is 0. The summed E-state index contributed by atoms with van der Waals surface area (Å²) in [5, 5.41) is 9.56. The maximum Gasteiger partial charge on any atom is 0.154 e. The fourth-order valence-electron chi connectivity index (χ4n) is 0.783. The molecule has 0 aromatic rings. The molecule has 1 aliphatic rings. The summed E-state index contributed by atoms with van der Waals surface area (Å²) in [5.41, 5.74) is 1.01. The Kier molecular flexibility index (Phi) is 2.73. The molecule has 0 spiro atoms. The van der Waals surface area contributed by atoms with E-state index in [1.165, 1.54) is 0 Å². The second-order valence-corrected chi connectivity index (χ2v) is 4.59. The van der Waals surface area contributed by atoms with Gasteiger partial charge >= 0.3 is 0 Å². The Morgan fingerprint density at radius 1 is 1.73 bits per heavy atom. The minimum absolute atomic E-state index is 0.104. The van der Waals surface area contributed by atoms with Gasteiger partial charge in [-0.3, -0.25) is 0 Å². The van der Waals surface area contributed by atoms with Crippen LogP contribution in [0.3, 0.4) is 0 Å². The van der Waals surface area contributed by atoms with E-state index in [0.717, 1.165) is 5.57 Å². The molecule has 0 aliphatic heterocycles. The van der Waals surface area contributed by atoms with E-state index in [2.05, 4.69) is 38.4 Å². The minimum atomic E-state index is -0.959. The molecule has 0 amide bonds. The van der Waals surface area contributed by atoms with Crippen molar-refractivity contribution >= 4 is 31.9 Å². The third-order valence-corrected chi connectivity index (χ3v) is 3.81. The van der Waals surface area contributed by atoms with Gasteiger partial charge in [-0.05, 0) is 27.6 Å². The Morgan fingerprint density at radius 3 is 2.82 bits per heavy atom. The molecule has 0 saturated carbocycles. The molecule has 1 rings (SSSR count). The van der Waals surface area contributed by atoms with Crippen molar-refractivity contribution in [2.45, 2.75) is 9.34 Å². The third kappa shape index (κ3) is 2.04. The molecule has 0 heterocycles. The average molecular weight is 280 g/mol. The number of hydrogen-bond acceptors (Lipinski definition) is 1. The van der Waals surface area contributed by atoms with Gasteiger partial charge in [0.25, 0.3) is 0 Å². The molecule has 0 radical (unpaired) electrons. The predicted octanol–water partition coefficient (Wildman–Crippen LogP) is 2.52. The highest BCUT2D eigenvalue weighted by atomic mass is 79.9. The van der Waals surface area contributed by atoms with Gasteiger partial charge in [0.15, 0.2) is 4.51 Å². The van der Waals surface area contributed by atoms with Crippen LogP contribution in [-0.4, -0.2) is 14.4 Å². The Morgan fingerprint density at radius 2 is 2.36 bits per heavy atom. The number of alkyl halides is 2. The zero-order valence-electron chi connectivity index (χ0n) is 5.80. The molecule has 3 heteroatoms. The maximum atomic E-state index is 9.56. The van der Waals surface area contributed by atoms with E-state index in [1.807, 2.05) is 12.2 Å². The van der Waals surface area contributed by atoms with Crippen LogP contribution in [0.15, 0.2) is 36.5 Å². The van der Waals surface area contributed by atoms with Crippen molar-refractivity contribution in [2.24, 2.45) is 0 Å². The molecular weight excluding hydrogens is 272 g/mol. The van der Waals surface area contributed by atoms with Gasteiger partial charge in [0.1, 0.15) is 0 Å². The molecule has 0 aromatic carbocycles. The Bertz CT molecular complexity index is 228. The fraction of sp³-hybridized carbons (Fsp3) is 0.250. The number of aliphatic hydroxyl groups is 1. The van der Waals surface area contributed by atoms with Gasteiger partial charge in [0, 0.05) is 0 Å². The number of halogens is 2. The molecule has 2 unspecified atom stereocenters. The molecule has 11 heavy (non-hydrogen) atoms. The first kappa shape index (κ1) is 9.23. The zero-order chi connectivity index (χ0) is 8.48. The first-order chi connectivity index (χ1) is 5.06. The van der Waals surface area contributed by atoms with Gasteiger partial charge in [-0.15, -0.1) is 0 Å². The summed E-state index contributed by atoms with van der Waals surface area (Å²) in [6.45, 7) is 3.63. The molecule has 60 valence electrons. The summed E-state index contributed by atoms with van der Waals surface area (Å²) in [6, 6.07) is 0. The second kappa shape index (κ2) is 3.25. The predicted molar refractivity (Wildman–Crippen MR) is 54.0 cm³/mol.